The van der Waals surface area contributed by atoms with Gasteiger partial charge in [-0.05, 0) is 43.0 Å². The van der Waals surface area contributed by atoms with Crippen molar-refractivity contribution in [3.8, 4) is 5.75 Å². The molecule has 1 aromatic carbocycles. The maximum absolute atomic E-state index is 7.60. The summed E-state index contributed by atoms with van der Waals surface area (Å²) in [5, 5.41) is 7.60. The van der Waals surface area contributed by atoms with Gasteiger partial charge in [-0.2, -0.15) is 0 Å². The van der Waals surface area contributed by atoms with Crippen molar-refractivity contribution in [2.45, 2.75) is 25.7 Å². The Balaban J connectivity index is 1.55. The lowest BCUT2D eigenvalue weighted by atomic mass is 9.96. The molecular weight excluding hydrogens is 250 g/mol. The lowest BCUT2D eigenvalue weighted by Crippen LogP contribution is -2.41. The molecule has 1 fully saturated rings. The van der Waals surface area contributed by atoms with Crippen LogP contribution in [0.3, 0.4) is 0 Å². The van der Waals surface area contributed by atoms with Crippen LogP contribution in [0.25, 0.3) is 0 Å². The van der Waals surface area contributed by atoms with Crippen LogP contribution >= 0.6 is 0 Å². The van der Waals surface area contributed by atoms with Gasteiger partial charge in [0.05, 0.1) is 12.4 Å². The van der Waals surface area contributed by atoms with E-state index in [1.807, 2.05) is 0 Å². The second-order valence-corrected chi connectivity index (χ2v) is 5.89. The second kappa shape index (κ2) is 5.83. The van der Waals surface area contributed by atoms with E-state index in [9.17, 15) is 0 Å². The molecular formula is C16H23N3O. The van der Waals surface area contributed by atoms with Crippen LogP contribution in [0.2, 0.25) is 0 Å². The highest BCUT2D eigenvalue weighted by Gasteiger charge is 2.21. The van der Waals surface area contributed by atoms with Gasteiger partial charge in [-0.1, -0.05) is 12.1 Å². The minimum atomic E-state index is 0.261. The predicted octanol–water partition coefficient (Wildman–Crippen LogP) is 1.81. The third-order valence-electron chi connectivity index (χ3n) is 4.42. The molecule has 4 nitrogen and oxygen atoms in total. The van der Waals surface area contributed by atoms with E-state index in [0.29, 0.717) is 5.84 Å². The Morgan fingerprint density at radius 1 is 1.45 bits per heavy atom. The Morgan fingerprint density at radius 3 is 3.20 bits per heavy atom. The summed E-state index contributed by atoms with van der Waals surface area (Å²) in [6.07, 6.45) is 4.33. The van der Waals surface area contributed by atoms with Crippen LogP contribution in [0, 0.1) is 11.3 Å². The molecule has 0 amide bonds. The van der Waals surface area contributed by atoms with Crippen LogP contribution in [-0.2, 0) is 12.8 Å². The normalized spacial score (nSPS) is 22.3. The summed E-state index contributed by atoms with van der Waals surface area (Å²) in [7, 11) is 0. The first-order valence-electron chi connectivity index (χ1n) is 7.53. The molecule has 4 heteroatoms. The topological polar surface area (TPSA) is 62.3 Å². The molecule has 0 aliphatic carbocycles. The first kappa shape index (κ1) is 13.4. The number of piperidine rings is 1. The molecule has 108 valence electrons. The Bertz CT molecular complexity index is 500. The summed E-state index contributed by atoms with van der Waals surface area (Å²) >= 11 is 0. The number of rotatable bonds is 4. The quantitative estimate of drug-likeness (QED) is 0.649. The van der Waals surface area contributed by atoms with E-state index >= 15 is 0 Å². The average Bonchev–Trinajstić information content (AvgIpc) is 2.93. The van der Waals surface area contributed by atoms with Crippen LogP contribution in [0.1, 0.15) is 24.0 Å². The maximum Gasteiger partial charge on any atom is 0.122 e. The average molecular weight is 273 g/mol. The van der Waals surface area contributed by atoms with Crippen molar-refractivity contribution in [2.75, 3.05) is 26.2 Å². The minimum Gasteiger partial charge on any atom is -0.493 e. The zero-order valence-electron chi connectivity index (χ0n) is 11.9. The van der Waals surface area contributed by atoms with Gasteiger partial charge in [0, 0.05) is 25.4 Å². The lowest BCUT2D eigenvalue weighted by molar-refractivity contribution is 0.206. The van der Waals surface area contributed by atoms with Crippen LogP contribution in [0.5, 0.6) is 5.75 Å². The van der Waals surface area contributed by atoms with E-state index in [1.165, 1.54) is 11.1 Å². The molecule has 3 N–H and O–H groups in total. The highest BCUT2D eigenvalue weighted by atomic mass is 16.5. The van der Waals surface area contributed by atoms with Crippen molar-refractivity contribution < 1.29 is 4.74 Å². The third-order valence-corrected chi connectivity index (χ3v) is 4.42. The fourth-order valence-electron chi connectivity index (χ4n) is 3.20. The van der Waals surface area contributed by atoms with E-state index in [2.05, 4.69) is 23.1 Å². The third kappa shape index (κ3) is 2.96. The number of nitrogens with one attached hydrogen (secondary N) is 1. The molecule has 3 rings (SSSR count). The Kier molecular flexibility index (Phi) is 3.92. The summed E-state index contributed by atoms with van der Waals surface area (Å²) < 4.78 is 5.54. The van der Waals surface area contributed by atoms with Crippen LogP contribution < -0.4 is 10.5 Å². The molecule has 20 heavy (non-hydrogen) atoms. The van der Waals surface area contributed by atoms with Gasteiger partial charge in [0.15, 0.2) is 0 Å². The monoisotopic (exact) mass is 273 g/mol. The number of fused-ring (bicyclic) bond motifs is 1. The molecule has 1 aromatic rings. The molecule has 0 aromatic heterocycles. The number of benzene rings is 1. The largest absolute Gasteiger partial charge is 0.493 e. The first-order valence-corrected chi connectivity index (χ1v) is 7.53. The molecule has 2 aliphatic rings. The zero-order valence-corrected chi connectivity index (χ0v) is 11.9. The summed E-state index contributed by atoms with van der Waals surface area (Å²) in [6, 6.07) is 6.57. The molecule has 1 saturated heterocycles. The number of ether oxygens (including phenoxy) is 1. The van der Waals surface area contributed by atoms with Gasteiger partial charge >= 0.3 is 0 Å². The van der Waals surface area contributed by atoms with Gasteiger partial charge in [0.25, 0.3) is 0 Å². The van der Waals surface area contributed by atoms with Crippen LogP contribution in [0.4, 0.5) is 0 Å². The first-order chi connectivity index (χ1) is 9.72. The van der Waals surface area contributed by atoms with Crippen molar-refractivity contribution in [3.05, 3.63) is 29.3 Å². The minimum absolute atomic E-state index is 0.261. The lowest BCUT2D eigenvalue weighted by Gasteiger charge is -2.32. The van der Waals surface area contributed by atoms with E-state index in [0.717, 1.165) is 57.7 Å². The van der Waals surface area contributed by atoms with E-state index in [4.69, 9.17) is 15.9 Å². The van der Waals surface area contributed by atoms with Gasteiger partial charge < -0.3 is 15.4 Å². The van der Waals surface area contributed by atoms with Crippen molar-refractivity contribution in [3.63, 3.8) is 0 Å². The number of likely N-dealkylation sites (tertiary alicyclic amines) is 1. The summed E-state index contributed by atoms with van der Waals surface area (Å²) in [5.41, 5.74) is 8.38. The summed E-state index contributed by atoms with van der Waals surface area (Å²) in [4.78, 5) is 2.44. The molecule has 1 unspecified atom stereocenters. The fourth-order valence-corrected chi connectivity index (χ4v) is 3.20. The number of nitrogens with two attached hydrogens (primary N) is 1. The Morgan fingerprint density at radius 2 is 2.35 bits per heavy atom. The smallest absolute Gasteiger partial charge is 0.122 e. The van der Waals surface area contributed by atoms with Crippen molar-refractivity contribution in [1.29, 1.82) is 5.41 Å². The second-order valence-electron chi connectivity index (χ2n) is 5.89. The summed E-state index contributed by atoms with van der Waals surface area (Å²) in [5.74, 6) is 1.67. The van der Waals surface area contributed by atoms with Crippen LogP contribution in [-0.4, -0.2) is 37.0 Å². The van der Waals surface area contributed by atoms with E-state index in [-0.39, 0.29) is 5.92 Å². The van der Waals surface area contributed by atoms with Crippen molar-refractivity contribution in [2.24, 2.45) is 11.7 Å². The zero-order chi connectivity index (χ0) is 13.9. The Labute approximate surface area is 120 Å². The SMILES string of the molecule is N=C(N)C1CCCN(CCc2ccc3c(c2)CCO3)C1. The number of nitrogens with zero attached hydrogens (tertiary/aromatic N) is 1. The van der Waals surface area contributed by atoms with Gasteiger partial charge in [0.1, 0.15) is 5.75 Å². The molecule has 0 bridgehead atoms. The molecule has 1 atom stereocenters. The number of amidine groups is 1. The Hall–Kier alpha value is -1.55. The number of hydrogen-bond donors (Lipinski definition) is 2. The molecule has 0 saturated carbocycles. The standard InChI is InChI=1S/C16H23N3O/c17-16(18)14-2-1-7-19(11-14)8-5-12-3-4-15-13(10-12)6-9-20-15/h3-4,10,14H,1-2,5-9,11H2,(H3,17,18). The fraction of sp³-hybridized carbons (Fsp3) is 0.562. The van der Waals surface area contributed by atoms with E-state index < -0.39 is 0 Å². The predicted molar refractivity (Wildman–Crippen MR) is 80.4 cm³/mol. The summed E-state index contributed by atoms with van der Waals surface area (Å²) in [6.45, 7) is 3.97. The van der Waals surface area contributed by atoms with Gasteiger partial charge in [0.2, 0.25) is 0 Å². The van der Waals surface area contributed by atoms with Crippen LogP contribution in [0.15, 0.2) is 18.2 Å². The highest BCUT2D eigenvalue weighted by Crippen LogP contribution is 2.26. The van der Waals surface area contributed by atoms with E-state index in [1.54, 1.807) is 0 Å². The molecule has 2 heterocycles. The number of hydrogen-bond acceptors (Lipinski definition) is 3. The van der Waals surface area contributed by atoms with Gasteiger partial charge in [-0.3, -0.25) is 5.41 Å². The van der Waals surface area contributed by atoms with Gasteiger partial charge in [-0.15, -0.1) is 0 Å². The van der Waals surface area contributed by atoms with Crippen molar-refractivity contribution in [1.82, 2.24) is 4.90 Å². The maximum atomic E-state index is 7.60. The molecule has 2 aliphatic heterocycles. The van der Waals surface area contributed by atoms with Crippen molar-refractivity contribution >= 4 is 5.84 Å². The molecule has 0 radical (unpaired) electrons. The molecule has 0 spiro atoms. The van der Waals surface area contributed by atoms with Gasteiger partial charge in [-0.25, -0.2) is 0 Å². The highest BCUT2D eigenvalue weighted by molar-refractivity contribution is 5.79.